The van der Waals surface area contributed by atoms with E-state index in [4.69, 9.17) is 5.73 Å². The molecule has 0 heterocycles. The van der Waals surface area contributed by atoms with Crippen LogP contribution in [0.4, 0.5) is 0 Å². The Morgan fingerprint density at radius 3 is 2.44 bits per heavy atom. The van der Waals surface area contributed by atoms with E-state index in [1.54, 1.807) is 0 Å². The van der Waals surface area contributed by atoms with Gasteiger partial charge in [-0.3, -0.25) is 4.79 Å². The van der Waals surface area contributed by atoms with Gasteiger partial charge in [0.2, 0.25) is 5.91 Å². The molecule has 1 amide bonds. The lowest BCUT2D eigenvalue weighted by Gasteiger charge is -2.22. The molecule has 0 aromatic carbocycles. The van der Waals surface area contributed by atoms with Crippen LogP contribution in [-0.4, -0.2) is 18.5 Å². The van der Waals surface area contributed by atoms with Gasteiger partial charge in [-0.05, 0) is 49.5 Å². The Hall–Kier alpha value is -0.570. The minimum absolute atomic E-state index is 0.192. The number of amides is 1. The van der Waals surface area contributed by atoms with E-state index in [1.807, 2.05) is 0 Å². The molecule has 0 radical (unpaired) electrons. The van der Waals surface area contributed by atoms with E-state index in [0.29, 0.717) is 36.8 Å². The molecule has 18 heavy (non-hydrogen) atoms. The van der Waals surface area contributed by atoms with Gasteiger partial charge in [-0.1, -0.05) is 27.7 Å². The molecule has 1 saturated carbocycles. The van der Waals surface area contributed by atoms with Gasteiger partial charge in [0, 0.05) is 12.5 Å². The van der Waals surface area contributed by atoms with E-state index in [9.17, 15) is 4.79 Å². The van der Waals surface area contributed by atoms with Gasteiger partial charge in [0.15, 0.2) is 0 Å². The van der Waals surface area contributed by atoms with Crippen LogP contribution in [0.25, 0.3) is 0 Å². The van der Waals surface area contributed by atoms with Crippen LogP contribution in [0.2, 0.25) is 0 Å². The van der Waals surface area contributed by atoms with Crippen LogP contribution in [0.15, 0.2) is 0 Å². The molecule has 3 nitrogen and oxygen atoms in total. The van der Waals surface area contributed by atoms with Gasteiger partial charge in [-0.2, -0.15) is 0 Å². The van der Waals surface area contributed by atoms with Crippen molar-refractivity contribution in [1.29, 1.82) is 0 Å². The Bertz CT molecular complexity index is 265. The van der Waals surface area contributed by atoms with Crippen LogP contribution < -0.4 is 11.1 Å². The molecule has 4 unspecified atom stereocenters. The molecule has 4 atom stereocenters. The maximum Gasteiger partial charge on any atom is 0.220 e. The normalized spacial score (nSPS) is 29.6. The number of rotatable bonds is 6. The van der Waals surface area contributed by atoms with E-state index >= 15 is 0 Å². The molecular weight excluding hydrogens is 224 g/mol. The summed E-state index contributed by atoms with van der Waals surface area (Å²) in [6, 6.07) is 0.380. The predicted molar refractivity (Wildman–Crippen MR) is 76.1 cm³/mol. The molecule has 1 aliphatic carbocycles. The minimum atomic E-state index is 0.192. The molecule has 3 N–H and O–H groups in total. The van der Waals surface area contributed by atoms with Crippen LogP contribution in [-0.2, 0) is 4.79 Å². The first-order chi connectivity index (χ1) is 8.43. The van der Waals surface area contributed by atoms with Crippen molar-refractivity contribution in [3.63, 3.8) is 0 Å². The van der Waals surface area contributed by atoms with E-state index in [0.717, 1.165) is 18.8 Å². The van der Waals surface area contributed by atoms with Crippen molar-refractivity contribution >= 4 is 5.91 Å². The molecule has 1 rings (SSSR count). The standard InChI is InChI=1S/C15H30N2O/c1-10(2)7-13(9-16)8-15(18)17-14-6-5-11(3)12(14)4/h10-14H,5-9,16H2,1-4H3,(H,17,18). The Morgan fingerprint density at radius 1 is 1.33 bits per heavy atom. The highest BCUT2D eigenvalue weighted by Gasteiger charge is 2.30. The smallest absolute Gasteiger partial charge is 0.220 e. The zero-order valence-corrected chi connectivity index (χ0v) is 12.4. The Morgan fingerprint density at radius 2 is 2.00 bits per heavy atom. The third kappa shape index (κ3) is 4.60. The molecule has 0 spiro atoms. The molecular formula is C15H30N2O. The van der Waals surface area contributed by atoms with Crippen LogP contribution in [0, 0.1) is 23.7 Å². The summed E-state index contributed by atoms with van der Waals surface area (Å²) in [7, 11) is 0. The Kier molecular flexibility index (Phi) is 6.13. The van der Waals surface area contributed by atoms with Crippen LogP contribution in [0.5, 0.6) is 0 Å². The van der Waals surface area contributed by atoms with Gasteiger partial charge in [0.05, 0.1) is 0 Å². The van der Waals surface area contributed by atoms with E-state index in [-0.39, 0.29) is 5.91 Å². The van der Waals surface area contributed by atoms with Crippen molar-refractivity contribution in [3.8, 4) is 0 Å². The summed E-state index contributed by atoms with van der Waals surface area (Å²) in [5, 5.41) is 3.20. The van der Waals surface area contributed by atoms with E-state index < -0.39 is 0 Å². The lowest BCUT2D eigenvalue weighted by Crippen LogP contribution is -2.38. The average Bonchev–Trinajstić information content (AvgIpc) is 2.59. The van der Waals surface area contributed by atoms with Crippen molar-refractivity contribution < 1.29 is 4.79 Å². The number of nitrogens with one attached hydrogen (secondary N) is 1. The van der Waals surface area contributed by atoms with Gasteiger partial charge >= 0.3 is 0 Å². The Balaban J connectivity index is 2.36. The van der Waals surface area contributed by atoms with Crippen LogP contribution >= 0.6 is 0 Å². The summed E-state index contributed by atoms with van der Waals surface area (Å²) in [6.07, 6.45) is 4.00. The number of carbonyl (C=O) groups excluding carboxylic acids is 1. The van der Waals surface area contributed by atoms with Gasteiger partial charge in [-0.25, -0.2) is 0 Å². The van der Waals surface area contributed by atoms with Gasteiger partial charge < -0.3 is 11.1 Å². The Labute approximate surface area is 112 Å². The second-order valence-corrected chi connectivity index (χ2v) is 6.52. The predicted octanol–water partition coefficient (Wildman–Crippen LogP) is 2.55. The first kappa shape index (κ1) is 15.5. The van der Waals surface area contributed by atoms with Gasteiger partial charge in [-0.15, -0.1) is 0 Å². The fraction of sp³-hybridized carbons (Fsp3) is 0.933. The lowest BCUT2D eigenvalue weighted by atomic mass is 9.93. The summed E-state index contributed by atoms with van der Waals surface area (Å²) in [5.41, 5.74) is 5.75. The quantitative estimate of drug-likeness (QED) is 0.765. The summed E-state index contributed by atoms with van der Waals surface area (Å²) in [5.74, 6) is 2.47. The highest BCUT2D eigenvalue weighted by molar-refractivity contribution is 5.76. The molecule has 0 saturated heterocycles. The summed E-state index contributed by atoms with van der Waals surface area (Å²) < 4.78 is 0. The molecule has 0 bridgehead atoms. The molecule has 1 aliphatic rings. The molecule has 0 aliphatic heterocycles. The molecule has 0 aromatic rings. The van der Waals surface area contributed by atoms with Crippen molar-refractivity contribution in [2.75, 3.05) is 6.54 Å². The highest BCUT2D eigenvalue weighted by Crippen LogP contribution is 2.31. The topological polar surface area (TPSA) is 55.1 Å². The number of hydrogen-bond acceptors (Lipinski definition) is 2. The maximum absolute atomic E-state index is 12.0. The summed E-state index contributed by atoms with van der Waals surface area (Å²) >= 11 is 0. The largest absolute Gasteiger partial charge is 0.353 e. The SMILES string of the molecule is CC(C)CC(CN)CC(=O)NC1CCC(C)C1C. The first-order valence-electron chi connectivity index (χ1n) is 7.43. The third-order valence-corrected chi connectivity index (χ3v) is 4.42. The summed E-state index contributed by atoms with van der Waals surface area (Å²) in [4.78, 5) is 12.0. The third-order valence-electron chi connectivity index (χ3n) is 4.42. The number of hydrogen-bond donors (Lipinski definition) is 2. The van der Waals surface area contributed by atoms with Crippen molar-refractivity contribution in [1.82, 2.24) is 5.32 Å². The number of nitrogens with two attached hydrogens (primary N) is 1. The zero-order valence-electron chi connectivity index (χ0n) is 12.4. The van der Waals surface area contributed by atoms with Gasteiger partial charge in [0.1, 0.15) is 0 Å². The van der Waals surface area contributed by atoms with Gasteiger partial charge in [0.25, 0.3) is 0 Å². The second kappa shape index (κ2) is 7.13. The monoisotopic (exact) mass is 254 g/mol. The van der Waals surface area contributed by atoms with Crippen molar-refractivity contribution in [2.45, 2.75) is 59.4 Å². The molecule has 106 valence electrons. The first-order valence-corrected chi connectivity index (χ1v) is 7.43. The van der Waals surface area contributed by atoms with Crippen molar-refractivity contribution in [3.05, 3.63) is 0 Å². The second-order valence-electron chi connectivity index (χ2n) is 6.52. The van der Waals surface area contributed by atoms with E-state index in [1.165, 1.54) is 6.42 Å². The zero-order chi connectivity index (χ0) is 13.7. The maximum atomic E-state index is 12.0. The minimum Gasteiger partial charge on any atom is -0.353 e. The highest BCUT2D eigenvalue weighted by atomic mass is 16.1. The average molecular weight is 254 g/mol. The fourth-order valence-corrected chi connectivity index (χ4v) is 3.03. The number of carbonyl (C=O) groups is 1. The lowest BCUT2D eigenvalue weighted by molar-refractivity contribution is -0.123. The molecule has 0 aromatic heterocycles. The van der Waals surface area contributed by atoms with E-state index in [2.05, 4.69) is 33.0 Å². The molecule has 3 heteroatoms. The fourth-order valence-electron chi connectivity index (χ4n) is 3.03. The van der Waals surface area contributed by atoms with Crippen LogP contribution in [0.3, 0.4) is 0 Å². The van der Waals surface area contributed by atoms with Crippen LogP contribution in [0.1, 0.15) is 53.4 Å². The van der Waals surface area contributed by atoms with Crippen molar-refractivity contribution in [2.24, 2.45) is 29.4 Å². The summed E-state index contributed by atoms with van der Waals surface area (Å²) in [6.45, 7) is 9.50. The molecule has 1 fully saturated rings.